The molecule has 5 heteroatoms. The van der Waals surface area contributed by atoms with E-state index in [9.17, 15) is 10.1 Å². The van der Waals surface area contributed by atoms with Gasteiger partial charge in [-0.2, -0.15) is 0 Å². The monoisotopic (exact) mass is 207 g/mol. The van der Waals surface area contributed by atoms with Crippen LogP contribution >= 0.6 is 23.2 Å². The van der Waals surface area contributed by atoms with Crippen LogP contribution in [0.2, 0.25) is 0 Å². The summed E-state index contributed by atoms with van der Waals surface area (Å²) >= 11 is 11.3. The van der Waals surface area contributed by atoms with Gasteiger partial charge in [-0.1, -0.05) is 36.2 Å². The van der Waals surface area contributed by atoms with Gasteiger partial charge < -0.3 is 0 Å². The third kappa shape index (κ3) is 1.79. The molecule has 0 bridgehead atoms. The maximum Gasteiger partial charge on any atom is 0.239 e. The predicted octanol–water partition coefficient (Wildman–Crippen LogP) is 2.53. The molecule has 0 heterocycles. The van der Waals surface area contributed by atoms with E-state index in [0.717, 1.165) is 0 Å². The zero-order valence-electron chi connectivity index (χ0n) is 6.33. The summed E-state index contributed by atoms with van der Waals surface area (Å²) in [6.07, 6.45) is 2.96. The molecule has 3 nitrogen and oxygen atoms in total. The molecule has 0 aromatic carbocycles. The summed E-state index contributed by atoms with van der Waals surface area (Å²) in [6.45, 7) is 1.73. The number of nitro groups is 1. The zero-order valence-corrected chi connectivity index (χ0v) is 7.84. The van der Waals surface area contributed by atoms with Crippen molar-refractivity contribution in [2.75, 3.05) is 0 Å². The fourth-order valence-corrected chi connectivity index (χ4v) is 1.50. The van der Waals surface area contributed by atoms with Crippen molar-refractivity contribution in [2.45, 2.75) is 13.0 Å². The van der Waals surface area contributed by atoms with Gasteiger partial charge in [-0.25, -0.2) is 0 Å². The first-order chi connectivity index (χ1) is 5.52. The molecule has 0 saturated carbocycles. The summed E-state index contributed by atoms with van der Waals surface area (Å²) in [5.74, 6) is -0.199. The second-order valence-electron chi connectivity index (χ2n) is 2.66. The Labute approximate surface area is 79.8 Å². The molecular formula is C7H7Cl2NO2. The smallest absolute Gasteiger partial charge is 0.239 e. The fourth-order valence-electron chi connectivity index (χ4n) is 1.04. The molecule has 0 aromatic heterocycles. The van der Waals surface area contributed by atoms with Crippen molar-refractivity contribution in [3.8, 4) is 0 Å². The first-order valence-corrected chi connectivity index (χ1v) is 4.16. The molecule has 0 aromatic rings. The minimum Gasteiger partial charge on any atom is -0.264 e. The lowest BCUT2D eigenvalue weighted by atomic mass is 9.98. The maximum absolute atomic E-state index is 10.4. The van der Waals surface area contributed by atoms with Crippen LogP contribution in [0, 0.1) is 16.0 Å². The average molecular weight is 208 g/mol. The topological polar surface area (TPSA) is 43.1 Å². The molecule has 2 atom stereocenters. The van der Waals surface area contributed by atoms with Gasteiger partial charge in [-0.05, 0) is 0 Å². The Balaban J connectivity index is 2.91. The third-order valence-corrected chi connectivity index (χ3v) is 2.49. The highest BCUT2D eigenvalue weighted by atomic mass is 35.5. The molecule has 0 spiro atoms. The van der Waals surface area contributed by atoms with Gasteiger partial charge in [0.1, 0.15) is 0 Å². The van der Waals surface area contributed by atoms with E-state index in [0.29, 0.717) is 5.03 Å². The van der Waals surface area contributed by atoms with E-state index in [1.165, 1.54) is 6.08 Å². The third-order valence-electron chi connectivity index (χ3n) is 1.74. The van der Waals surface area contributed by atoms with Crippen molar-refractivity contribution in [1.29, 1.82) is 0 Å². The summed E-state index contributed by atoms with van der Waals surface area (Å²) in [5.41, 5.74) is 0. The molecule has 0 amide bonds. The Morgan fingerprint density at radius 2 is 1.92 bits per heavy atom. The van der Waals surface area contributed by atoms with Crippen LogP contribution in [0.5, 0.6) is 0 Å². The minimum absolute atomic E-state index is 0.199. The van der Waals surface area contributed by atoms with Gasteiger partial charge >= 0.3 is 0 Å². The van der Waals surface area contributed by atoms with Crippen LogP contribution in [0.4, 0.5) is 0 Å². The maximum atomic E-state index is 10.4. The molecule has 12 heavy (non-hydrogen) atoms. The van der Waals surface area contributed by atoms with Gasteiger partial charge in [0.15, 0.2) is 0 Å². The lowest BCUT2D eigenvalue weighted by Gasteiger charge is -2.15. The molecule has 0 fully saturated rings. The van der Waals surface area contributed by atoms with E-state index in [4.69, 9.17) is 23.2 Å². The SMILES string of the molecule is CC1C=C(Cl)C(Cl)=CC1[N+](=O)[O-]. The molecule has 2 unspecified atom stereocenters. The molecule has 1 aliphatic carbocycles. The highest BCUT2D eigenvalue weighted by molar-refractivity contribution is 6.44. The summed E-state index contributed by atoms with van der Waals surface area (Å²) < 4.78 is 0. The summed E-state index contributed by atoms with van der Waals surface area (Å²) in [7, 11) is 0. The average Bonchev–Trinajstić information content (AvgIpc) is 1.96. The van der Waals surface area contributed by atoms with Crippen LogP contribution in [0.15, 0.2) is 22.2 Å². The van der Waals surface area contributed by atoms with Crippen molar-refractivity contribution in [3.05, 3.63) is 32.3 Å². The molecular weight excluding hydrogens is 201 g/mol. The van der Waals surface area contributed by atoms with Gasteiger partial charge in [0.2, 0.25) is 6.04 Å². The van der Waals surface area contributed by atoms with E-state index < -0.39 is 6.04 Å². The highest BCUT2D eigenvalue weighted by Crippen LogP contribution is 2.29. The van der Waals surface area contributed by atoms with Crippen molar-refractivity contribution in [1.82, 2.24) is 0 Å². The van der Waals surface area contributed by atoms with Gasteiger partial charge in [0.05, 0.1) is 10.1 Å². The first kappa shape index (κ1) is 9.55. The molecule has 0 radical (unpaired) electrons. The Bertz CT molecular complexity index is 273. The summed E-state index contributed by atoms with van der Waals surface area (Å²) in [6, 6.07) is -0.750. The minimum atomic E-state index is -0.750. The van der Waals surface area contributed by atoms with Crippen LogP contribution < -0.4 is 0 Å². The Kier molecular flexibility index (Phi) is 2.75. The molecule has 0 aliphatic heterocycles. The molecule has 1 aliphatic rings. The van der Waals surface area contributed by atoms with Crippen molar-refractivity contribution in [2.24, 2.45) is 5.92 Å². The number of nitrogens with zero attached hydrogens (tertiary/aromatic N) is 1. The van der Waals surface area contributed by atoms with E-state index in [1.807, 2.05) is 0 Å². The number of halogens is 2. The summed E-state index contributed by atoms with van der Waals surface area (Å²) in [5, 5.41) is 11.1. The van der Waals surface area contributed by atoms with Gasteiger partial charge in [0.25, 0.3) is 0 Å². The second kappa shape index (κ2) is 3.46. The lowest BCUT2D eigenvalue weighted by Crippen LogP contribution is -2.26. The van der Waals surface area contributed by atoms with E-state index in [-0.39, 0.29) is 15.9 Å². The van der Waals surface area contributed by atoms with Crippen LogP contribution in [-0.4, -0.2) is 11.0 Å². The number of hydrogen-bond acceptors (Lipinski definition) is 2. The second-order valence-corrected chi connectivity index (χ2v) is 3.48. The van der Waals surface area contributed by atoms with Crippen LogP contribution in [0.1, 0.15) is 6.92 Å². The van der Waals surface area contributed by atoms with Crippen molar-refractivity contribution in [3.63, 3.8) is 0 Å². The van der Waals surface area contributed by atoms with E-state index >= 15 is 0 Å². The molecule has 66 valence electrons. The van der Waals surface area contributed by atoms with Gasteiger partial charge in [-0.15, -0.1) is 0 Å². The van der Waals surface area contributed by atoms with Gasteiger partial charge in [-0.3, -0.25) is 10.1 Å². The van der Waals surface area contributed by atoms with Crippen molar-refractivity contribution < 1.29 is 4.92 Å². The lowest BCUT2D eigenvalue weighted by molar-refractivity contribution is -0.515. The Morgan fingerprint density at radius 3 is 2.42 bits per heavy atom. The Hall–Kier alpha value is -0.540. The van der Waals surface area contributed by atoms with E-state index in [1.54, 1.807) is 13.0 Å². The van der Waals surface area contributed by atoms with Crippen LogP contribution in [-0.2, 0) is 0 Å². The fraction of sp³-hybridized carbons (Fsp3) is 0.429. The zero-order chi connectivity index (χ0) is 9.30. The normalized spacial score (nSPS) is 29.2. The number of hydrogen-bond donors (Lipinski definition) is 0. The van der Waals surface area contributed by atoms with Gasteiger partial charge in [0, 0.05) is 16.9 Å². The van der Waals surface area contributed by atoms with Crippen molar-refractivity contribution >= 4 is 23.2 Å². The summed E-state index contributed by atoms with van der Waals surface area (Å²) in [4.78, 5) is 10.1. The Morgan fingerprint density at radius 1 is 1.42 bits per heavy atom. The predicted molar refractivity (Wildman–Crippen MR) is 47.8 cm³/mol. The van der Waals surface area contributed by atoms with Crippen LogP contribution in [0.3, 0.4) is 0 Å². The quantitative estimate of drug-likeness (QED) is 0.490. The van der Waals surface area contributed by atoms with E-state index in [2.05, 4.69) is 0 Å². The number of allylic oxidation sites excluding steroid dienone is 2. The molecule has 0 N–H and O–H groups in total. The largest absolute Gasteiger partial charge is 0.264 e. The highest BCUT2D eigenvalue weighted by Gasteiger charge is 2.28. The molecule has 1 rings (SSSR count). The standard InChI is InChI=1S/C7H7Cl2NO2/c1-4-2-5(8)6(9)3-7(4)10(11)12/h2-4,7H,1H3. The first-order valence-electron chi connectivity index (χ1n) is 3.41. The van der Waals surface area contributed by atoms with Crippen LogP contribution in [0.25, 0.3) is 0 Å². The number of rotatable bonds is 1. The molecule has 0 saturated heterocycles.